The normalized spacial score (nSPS) is 17.5. The van der Waals surface area contributed by atoms with Gasteiger partial charge in [0, 0.05) is 12.5 Å². The van der Waals surface area contributed by atoms with E-state index in [-0.39, 0.29) is 24.4 Å². The van der Waals surface area contributed by atoms with Crippen LogP contribution in [0, 0.1) is 6.92 Å². The SMILES string of the molecule is Cc1ccc(NC(=O)CNC(=O)CC2CCCN2)c(Cl)c1. The largest absolute Gasteiger partial charge is 0.347 e. The van der Waals surface area contributed by atoms with Crippen molar-refractivity contribution in [3.05, 3.63) is 28.8 Å². The molecule has 1 heterocycles. The molecule has 5 nitrogen and oxygen atoms in total. The zero-order valence-corrected chi connectivity index (χ0v) is 12.8. The number of anilines is 1. The van der Waals surface area contributed by atoms with Gasteiger partial charge in [-0.3, -0.25) is 9.59 Å². The number of amides is 2. The molecule has 2 amide bonds. The summed E-state index contributed by atoms with van der Waals surface area (Å²) >= 11 is 6.04. The summed E-state index contributed by atoms with van der Waals surface area (Å²) in [5.74, 6) is -0.395. The van der Waals surface area contributed by atoms with Gasteiger partial charge >= 0.3 is 0 Å². The molecule has 1 aliphatic heterocycles. The maximum Gasteiger partial charge on any atom is 0.243 e. The molecular weight excluding hydrogens is 290 g/mol. The van der Waals surface area contributed by atoms with Crippen molar-refractivity contribution >= 4 is 29.1 Å². The number of hydrogen-bond acceptors (Lipinski definition) is 3. The zero-order valence-electron chi connectivity index (χ0n) is 12.0. The zero-order chi connectivity index (χ0) is 15.2. The second-order valence-corrected chi connectivity index (χ2v) is 5.71. The summed E-state index contributed by atoms with van der Waals surface area (Å²) in [5.41, 5.74) is 1.58. The number of hydrogen-bond donors (Lipinski definition) is 3. The fourth-order valence-corrected chi connectivity index (χ4v) is 2.60. The highest BCUT2D eigenvalue weighted by Gasteiger charge is 2.17. The van der Waals surface area contributed by atoms with Crippen LogP contribution >= 0.6 is 11.6 Å². The maximum atomic E-state index is 11.8. The van der Waals surface area contributed by atoms with Crippen LogP contribution in [0.15, 0.2) is 18.2 Å². The third-order valence-corrected chi connectivity index (χ3v) is 3.75. The average Bonchev–Trinajstić information content (AvgIpc) is 2.92. The van der Waals surface area contributed by atoms with Gasteiger partial charge in [0.05, 0.1) is 17.3 Å². The number of nitrogens with one attached hydrogen (secondary N) is 3. The van der Waals surface area contributed by atoms with Gasteiger partial charge < -0.3 is 16.0 Å². The molecule has 2 rings (SSSR count). The molecule has 1 aliphatic rings. The first-order valence-corrected chi connectivity index (χ1v) is 7.48. The van der Waals surface area contributed by atoms with Crippen LogP contribution in [-0.2, 0) is 9.59 Å². The van der Waals surface area contributed by atoms with E-state index in [1.165, 1.54) is 0 Å². The molecule has 0 aromatic heterocycles. The molecular formula is C15H20ClN3O2. The second kappa shape index (κ2) is 7.43. The Balaban J connectivity index is 1.75. The van der Waals surface area contributed by atoms with E-state index in [2.05, 4.69) is 16.0 Å². The van der Waals surface area contributed by atoms with E-state index in [1.807, 2.05) is 13.0 Å². The van der Waals surface area contributed by atoms with E-state index >= 15 is 0 Å². The molecule has 0 bridgehead atoms. The monoisotopic (exact) mass is 309 g/mol. The predicted molar refractivity (Wildman–Crippen MR) is 83.5 cm³/mol. The smallest absolute Gasteiger partial charge is 0.243 e. The summed E-state index contributed by atoms with van der Waals surface area (Å²) in [4.78, 5) is 23.5. The summed E-state index contributed by atoms with van der Waals surface area (Å²) in [5, 5.41) is 9.05. The van der Waals surface area contributed by atoms with Gasteiger partial charge in [-0.25, -0.2) is 0 Å². The van der Waals surface area contributed by atoms with Gasteiger partial charge in [0.15, 0.2) is 0 Å². The van der Waals surface area contributed by atoms with Crippen molar-refractivity contribution in [1.82, 2.24) is 10.6 Å². The van der Waals surface area contributed by atoms with Crippen LogP contribution in [-0.4, -0.2) is 30.9 Å². The van der Waals surface area contributed by atoms with Crippen LogP contribution in [0.2, 0.25) is 5.02 Å². The molecule has 0 radical (unpaired) electrons. The van der Waals surface area contributed by atoms with Gasteiger partial charge in [-0.15, -0.1) is 0 Å². The van der Waals surface area contributed by atoms with Crippen LogP contribution < -0.4 is 16.0 Å². The molecule has 1 atom stereocenters. The molecule has 1 aromatic rings. The Morgan fingerprint density at radius 1 is 1.38 bits per heavy atom. The summed E-state index contributed by atoms with van der Waals surface area (Å²) in [6.07, 6.45) is 2.53. The molecule has 3 N–H and O–H groups in total. The Morgan fingerprint density at radius 2 is 2.19 bits per heavy atom. The Labute approximate surface area is 129 Å². The topological polar surface area (TPSA) is 70.2 Å². The van der Waals surface area contributed by atoms with Gasteiger partial charge in [0.1, 0.15) is 0 Å². The van der Waals surface area contributed by atoms with Crippen LogP contribution in [0.5, 0.6) is 0 Å². The van der Waals surface area contributed by atoms with E-state index in [9.17, 15) is 9.59 Å². The summed E-state index contributed by atoms with van der Waals surface area (Å²) in [7, 11) is 0. The first kappa shape index (κ1) is 15.8. The number of halogens is 1. The fourth-order valence-electron chi connectivity index (χ4n) is 2.32. The maximum absolute atomic E-state index is 11.8. The summed E-state index contributed by atoms with van der Waals surface area (Å²) < 4.78 is 0. The molecule has 1 aromatic carbocycles. The van der Waals surface area contributed by atoms with Crippen molar-refractivity contribution in [2.75, 3.05) is 18.4 Å². The lowest BCUT2D eigenvalue weighted by molar-refractivity contribution is -0.124. The van der Waals surface area contributed by atoms with Crippen molar-refractivity contribution in [3.8, 4) is 0 Å². The lowest BCUT2D eigenvalue weighted by Crippen LogP contribution is -2.36. The fraction of sp³-hybridized carbons (Fsp3) is 0.467. The van der Waals surface area contributed by atoms with E-state index < -0.39 is 0 Å². The van der Waals surface area contributed by atoms with Crippen LogP contribution in [0.3, 0.4) is 0 Å². The first-order chi connectivity index (χ1) is 10.0. The standard InChI is InChI=1S/C15H20ClN3O2/c1-10-4-5-13(12(16)7-10)19-15(21)9-18-14(20)8-11-3-2-6-17-11/h4-5,7,11,17H,2-3,6,8-9H2,1H3,(H,18,20)(H,19,21). The lowest BCUT2D eigenvalue weighted by atomic mass is 10.1. The molecule has 1 fully saturated rings. The van der Waals surface area contributed by atoms with E-state index in [0.29, 0.717) is 17.1 Å². The van der Waals surface area contributed by atoms with Crippen molar-refractivity contribution in [1.29, 1.82) is 0 Å². The van der Waals surface area contributed by atoms with Gasteiger partial charge in [-0.05, 0) is 44.0 Å². The highest BCUT2D eigenvalue weighted by atomic mass is 35.5. The minimum Gasteiger partial charge on any atom is -0.347 e. The Kier molecular flexibility index (Phi) is 5.59. The quantitative estimate of drug-likeness (QED) is 0.777. The van der Waals surface area contributed by atoms with Crippen LogP contribution in [0.25, 0.3) is 0 Å². The van der Waals surface area contributed by atoms with Crippen molar-refractivity contribution in [2.24, 2.45) is 0 Å². The molecule has 114 valence electrons. The molecule has 0 saturated carbocycles. The van der Waals surface area contributed by atoms with Gasteiger partial charge in [-0.2, -0.15) is 0 Å². The summed E-state index contributed by atoms with van der Waals surface area (Å²) in [6, 6.07) is 5.63. The Morgan fingerprint density at radius 3 is 2.86 bits per heavy atom. The highest BCUT2D eigenvalue weighted by molar-refractivity contribution is 6.33. The highest BCUT2D eigenvalue weighted by Crippen LogP contribution is 2.22. The molecule has 1 saturated heterocycles. The number of rotatable bonds is 5. The van der Waals surface area contributed by atoms with Gasteiger partial charge in [-0.1, -0.05) is 17.7 Å². The summed E-state index contributed by atoms with van der Waals surface area (Å²) in [6.45, 7) is 2.84. The second-order valence-electron chi connectivity index (χ2n) is 5.31. The Hall–Kier alpha value is -1.59. The molecule has 0 aliphatic carbocycles. The first-order valence-electron chi connectivity index (χ1n) is 7.10. The van der Waals surface area contributed by atoms with E-state index in [4.69, 9.17) is 11.6 Å². The predicted octanol–water partition coefficient (Wildman–Crippen LogP) is 1.85. The van der Waals surface area contributed by atoms with Crippen molar-refractivity contribution in [3.63, 3.8) is 0 Å². The third-order valence-electron chi connectivity index (χ3n) is 3.44. The minimum absolute atomic E-state index is 0.0459. The van der Waals surface area contributed by atoms with E-state index in [1.54, 1.807) is 12.1 Å². The molecule has 21 heavy (non-hydrogen) atoms. The number of benzene rings is 1. The number of aryl methyl sites for hydroxylation is 1. The lowest BCUT2D eigenvalue weighted by Gasteiger charge is -2.11. The molecule has 6 heteroatoms. The van der Waals surface area contributed by atoms with Crippen LogP contribution in [0.4, 0.5) is 5.69 Å². The number of carbonyl (C=O) groups is 2. The van der Waals surface area contributed by atoms with E-state index in [0.717, 1.165) is 24.9 Å². The van der Waals surface area contributed by atoms with Gasteiger partial charge in [0.2, 0.25) is 11.8 Å². The van der Waals surface area contributed by atoms with Crippen LogP contribution in [0.1, 0.15) is 24.8 Å². The third kappa shape index (κ3) is 5.02. The number of carbonyl (C=O) groups excluding carboxylic acids is 2. The average molecular weight is 310 g/mol. The van der Waals surface area contributed by atoms with Crippen molar-refractivity contribution < 1.29 is 9.59 Å². The molecule has 0 spiro atoms. The molecule has 1 unspecified atom stereocenters. The van der Waals surface area contributed by atoms with Crippen molar-refractivity contribution in [2.45, 2.75) is 32.2 Å². The van der Waals surface area contributed by atoms with Gasteiger partial charge in [0.25, 0.3) is 0 Å². The Bertz CT molecular complexity index is 528. The minimum atomic E-state index is -0.284.